The average molecular weight is 357 g/mol. The SMILES string of the molecule is Cc1nc(C2CCCN(C(=O)C3(C(N)=O)CC3)C2)cc(N2CCCC2)n1. The highest BCUT2D eigenvalue weighted by Gasteiger charge is 2.57. The molecule has 7 nitrogen and oxygen atoms in total. The molecule has 3 fully saturated rings. The minimum atomic E-state index is -0.926. The van der Waals surface area contributed by atoms with Crippen molar-refractivity contribution in [3.05, 3.63) is 17.6 Å². The number of amides is 2. The standard InChI is InChI=1S/C19H27N5O2/c1-13-21-15(11-16(22-13)23-8-2-3-9-23)14-5-4-10-24(12-14)18(26)19(6-7-19)17(20)25/h11,14H,2-10,12H2,1H3,(H2,20,25). The van der Waals surface area contributed by atoms with E-state index in [0.29, 0.717) is 25.9 Å². The molecule has 0 bridgehead atoms. The van der Waals surface area contributed by atoms with E-state index in [1.165, 1.54) is 12.8 Å². The van der Waals surface area contributed by atoms with Gasteiger partial charge in [-0.25, -0.2) is 9.97 Å². The maximum Gasteiger partial charge on any atom is 0.238 e. The molecule has 1 aliphatic carbocycles. The van der Waals surface area contributed by atoms with E-state index in [9.17, 15) is 9.59 Å². The molecule has 4 rings (SSSR count). The number of aryl methyl sites for hydroxylation is 1. The van der Waals surface area contributed by atoms with Crippen molar-refractivity contribution in [3.63, 3.8) is 0 Å². The molecule has 0 spiro atoms. The van der Waals surface area contributed by atoms with Crippen LogP contribution in [0.2, 0.25) is 0 Å². The van der Waals surface area contributed by atoms with Crippen LogP contribution in [0, 0.1) is 12.3 Å². The molecule has 1 saturated carbocycles. The van der Waals surface area contributed by atoms with E-state index >= 15 is 0 Å². The van der Waals surface area contributed by atoms with Crippen molar-refractivity contribution < 1.29 is 9.59 Å². The van der Waals surface area contributed by atoms with Crippen molar-refractivity contribution in [1.82, 2.24) is 14.9 Å². The number of hydrogen-bond acceptors (Lipinski definition) is 5. The number of primary amides is 1. The molecule has 1 atom stereocenters. The van der Waals surface area contributed by atoms with Crippen LogP contribution in [0.15, 0.2) is 6.07 Å². The van der Waals surface area contributed by atoms with Gasteiger partial charge in [0.2, 0.25) is 11.8 Å². The zero-order chi connectivity index (χ0) is 18.3. The third-order valence-corrected chi connectivity index (χ3v) is 6.03. The van der Waals surface area contributed by atoms with Crippen LogP contribution in [0.4, 0.5) is 5.82 Å². The lowest BCUT2D eigenvalue weighted by molar-refractivity contribution is -0.143. The van der Waals surface area contributed by atoms with Gasteiger partial charge in [0.15, 0.2) is 0 Å². The maximum absolute atomic E-state index is 12.8. The molecule has 3 heterocycles. The first-order chi connectivity index (χ1) is 12.5. The number of carbonyl (C=O) groups is 2. The molecule has 1 unspecified atom stereocenters. The molecular weight excluding hydrogens is 330 g/mol. The lowest BCUT2D eigenvalue weighted by Gasteiger charge is -2.34. The Morgan fingerprint density at radius 3 is 2.54 bits per heavy atom. The summed E-state index contributed by atoms with van der Waals surface area (Å²) >= 11 is 0. The topological polar surface area (TPSA) is 92.4 Å². The normalized spacial score (nSPS) is 24.6. The van der Waals surface area contributed by atoms with Gasteiger partial charge in [-0.3, -0.25) is 9.59 Å². The first-order valence-corrected chi connectivity index (χ1v) is 9.69. The van der Waals surface area contributed by atoms with Crippen LogP contribution in [0.5, 0.6) is 0 Å². The van der Waals surface area contributed by atoms with Crippen LogP contribution >= 0.6 is 0 Å². The molecule has 7 heteroatoms. The van der Waals surface area contributed by atoms with Crippen molar-refractivity contribution in [2.24, 2.45) is 11.1 Å². The predicted octanol–water partition coefficient (Wildman–Crippen LogP) is 1.36. The lowest BCUT2D eigenvalue weighted by Crippen LogP contribution is -2.47. The molecular formula is C19H27N5O2. The van der Waals surface area contributed by atoms with Crippen molar-refractivity contribution in [3.8, 4) is 0 Å². The Hall–Kier alpha value is -2.18. The molecule has 140 valence electrons. The zero-order valence-corrected chi connectivity index (χ0v) is 15.4. The minimum Gasteiger partial charge on any atom is -0.369 e. The number of nitrogens with two attached hydrogens (primary N) is 1. The molecule has 1 aromatic heterocycles. The Morgan fingerprint density at radius 2 is 1.88 bits per heavy atom. The fourth-order valence-corrected chi connectivity index (χ4v) is 4.29. The van der Waals surface area contributed by atoms with Crippen LogP contribution in [0.1, 0.15) is 56.0 Å². The van der Waals surface area contributed by atoms with Crippen molar-refractivity contribution in [1.29, 1.82) is 0 Å². The molecule has 2 saturated heterocycles. The molecule has 2 aliphatic heterocycles. The quantitative estimate of drug-likeness (QED) is 0.821. The molecule has 0 radical (unpaired) electrons. The predicted molar refractivity (Wildman–Crippen MR) is 97.6 cm³/mol. The van der Waals surface area contributed by atoms with Gasteiger partial charge in [-0.1, -0.05) is 0 Å². The highest BCUT2D eigenvalue weighted by atomic mass is 16.2. The van der Waals surface area contributed by atoms with Gasteiger partial charge in [-0.05, 0) is 45.4 Å². The smallest absolute Gasteiger partial charge is 0.238 e. The van der Waals surface area contributed by atoms with Crippen LogP contribution in [-0.4, -0.2) is 52.9 Å². The van der Waals surface area contributed by atoms with Gasteiger partial charge >= 0.3 is 0 Å². The van der Waals surface area contributed by atoms with Gasteiger partial charge in [0.25, 0.3) is 0 Å². The number of anilines is 1. The molecule has 26 heavy (non-hydrogen) atoms. The molecule has 2 N–H and O–H groups in total. The summed E-state index contributed by atoms with van der Waals surface area (Å²) in [5.74, 6) is 1.42. The summed E-state index contributed by atoms with van der Waals surface area (Å²) in [5.41, 5.74) is 5.57. The first-order valence-electron chi connectivity index (χ1n) is 9.69. The van der Waals surface area contributed by atoms with Gasteiger partial charge in [-0.15, -0.1) is 0 Å². The number of hydrogen-bond donors (Lipinski definition) is 1. The van der Waals surface area contributed by atoms with Gasteiger partial charge in [0.05, 0.1) is 5.69 Å². The zero-order valence-electron chi connectivity index (χ0n) is 15.4. The summed E-state index contributed by atoms with van der Waals surface area (Å²) in [6.45, 7) is 5.34. The third kappa shape index (κ3) is 3.04. The van der Waals surface area contributed by atoms with Gasteiger partial charge in [-0.2, -0.15) is 0 Å². The Bertz CT molecular complexity index is 725. The van der Waals surface area contributed by atoms with Gasteiger partial charge in [0.1, 0.15) is 17.1 Å². The van der Waals surface area contributed by atoms with Gasteiger partial charge in [0, 0.05) is 38.2 Å². The number of likely N-dealkylation sites (tertiary alicyclic amines) is 1. The fourth-order valence-electron chi connectivity index (χ4n) is 4.29. The molecule has 1 aromatic rings. The number of nitrogens with zero attached hydrogens (tertiary/aromatic N) is 4. The summed E-state index contributed by atoms with van der Waals surface area (Å²) < 4.78 is 0. The number of piperidine rings is 1. The molecule has 0 aromatic carbocycles. The Balaban J connectivity index is 1.53. The van der Waals surface area contributed by atoms with Crippen molar-refractivity contribution in [2.45, 2.75) is 51.4 Å². The van der Waals surface area contributed by atoms with Crippen LogP contribution in [0.25, 0.3) is 0 Å². The third-order valence-electron chi connectivity index (χ3n) is 6.03. The second kappa shape index (κ2) is 6.52. The Labute approximate surface area is 154 Å². The molecule has 3 aliphatic rings. The van der Waals surface area contributed by atoms with Crippen LogP contribution in [0.3, 0.4) is 0 Å². The first kappa shape index (κ1) is 17.2. The number of carbonyl (C=O) groups excluding carboxylic acids is 2. The van der Waals surface area contributed by atoms with E-state index in [-0.39, 0.29) is 11.8 Å². The van der Waals surface area contributed by atoms with Crippen LogP contribution in [-0.2, 0) is 9.59 Å². The van der Waals surface area contributed by atoms with E-state index < -0.39 is 11.3 Å². The lowest BCUT2D eigenvalue weighted by atomic mass is 9.92. The summed E-state index contributed by atoms with van der Waals surface area (Å²) in [7, 11) is 0. The number of rotatable bonds is 4. The van der Waals surface area contributed by atoms with E-state index in [0.717, 1.165) is 43.3 Å². The second-order valence-electron chi connectivity index (χ2n) is 7.93. The summed E-state index contributed by atoms with van der Waals surface area (Å²) in [6, 6.07) is 2.10. The fraction of sp³-hybridized carbons (Fsp3) is 0.684. The van der Waals surface area contributed by atoms with Gasteiger partial charge < -0.3 is 15.5 Å². The summed E-state index contributed by atoms with van der Waals surface area (Å²) in [4.78, 5) is 38.0. The largest absolute Gasteiger partial charge is 0.369 e. The van der Waals surface area contributed by atoms with E-state index in [1.807, 2.05) is 11.8 Å². The summed E-state index contributed by atoms with van der Waals surface area (Å²) in [6.07, 6.45) is 5.53. The monoisotopic (exact) mass is 357 g/mol. The average Bonchev–Trinajstić information content (AvgIpc) is 3.28. The Morgan fingerprint density at radius 1 is 1.15 bits per heavy atom. The molecule has 2 amide bonds. The highest BCUT2D eigenvalue weighted by Crippen LogP contribution is 2.47. The van der Waals surface area contributed by atoms with Crippen LogP contribution < -0.4 is 10.6 Å². The second-order valence-corrected chi connectivity index (χ2v) is 7.93. The Kier molecular flexibility index (Phi) is 4.32. The van der Waals surface area contributed by atoms with E-state index in [1.54, 1.807) is 0 Å². The minimum absolute atomic E-state index is 0.0831. The van der Waals surface area contributed by atoms with E-state index in [2.05, 4.69) is 20.9 Å². The maximum atomic E-state index is 12.8. The highest BCUT2D eigenvalue weighted by molar-refractivity contribution is 6.07. The van der Waals surface area contributed by atoms with E-state index in [4.69, 9.17) is 5.73 Å². The van der Waals surface area contributed by atoms with Crippen molar-refractivity contribution in [2.75, 3.05) is 31.1 Å². The summed E-state index contributed by atoms with van der Waals surface area (Å²) in [5, 5.41) is 0. The number of aromatic nitrogens is 2. The van der Waals surface area contributed by atoms with Crippen molar-refractivity contribution >= 4 is 17.6 Å².